The van der Waals surface area contributed by atoms with Gasteiger partial charge in [0.05, 0.1) is 0 Å². The highest BCUT2D eigenvalue weighted by Crippen LogP contribution is 2.41. The molecular formula is C25H38N2O2. The van der Waals surface area contributed by atoms with Gasteiger partial charge in [-0.15, -0.1) is 0 Å². The van der Waals surface area contributed by atoms with E-state index in [-0.39, 0.29) is 17.9 Å². The van der Waals surface area contributed by atoms with Gasteiger partial charge in [0, 0.05) is 31.6 Å². The van der Waals surface area contributed by atoms with E-state index in [0.717, 1.165) is 76.6 Å². The minimum absolute atomic E-state index is 0.0123. The lowest BCUT2D eigenvalue weighted by Crippen LogP contribution is -2.54. The minimum Gasteiger partial charge on any atom is -0.375 e. The van der Waals surface area contributed by atoms with Crippen LogP contribution in [0.4, 0.5) is 0 Å². The summed E-state index contributed by atoms with van der Waals surface area (Å²) in [7, 11) is 0. The van der Waals surface area contributed by atoms with Gasteiger partial charge in [-0.1, -0.05) is 61.7 Å². The molecule has 3 rings (SSSR count). The summed E-state index contributed by atoms with van der Waals surface area (Å²) in [6.45, 7) is 7.51. The first-order chi connectivity index (χ1) is 14.0. The van der Waals surface area contributed by atoms with Crippen molar-refractivity contribution in [3.8, 4) is 0 Å². The lowest BCUT2D eigenvalue weighted by molar-refractivity contribution is -0.148. The number of carbonyl (C=O) groups excluding carboxylic acids is 1. The first-order valence-corrected chi connectivity index (χ1v) is 11.5. The van der Waals surface area contributed by atoms with Gasteiger partial charge in [-0.3, -0.25) is 4.79 Å². The molecule has 2 fully saturated rings. The highest BCUT2D eigenvalue weighted by molar-refractivity contribution is 5.87. The van der Waals surface area contributed by atoms with Crippen LogP contribution in [0.1, 0.15) is 70.8 Å². The first kappa shape index (κ1) is 22.0. The molecule has 4 nitrogen and oxygen atoms in total. The van der Waals surface area contributed by atoms with Crippen molar-refractivity contribution in [1.82, 2.24) is 10.2 Å². The Morgan fingerprint density at radius 2 is 1.83 bits per heavy atom. The zero-order valence-corrected chi connectivity index (χ0v) is 18.2. The predicted octanol–water partition coefficient (Wildman–Crippen LogP) is 4.39. The van der Waals surface area contributed by atoms with E-state index in [0.29, 0.717) is 0 Å². The van der Waals surface area contributed by atoms with Crippen molar-refractivity contribution in [3.63, 3.8) is 0 Å². The molecule has 1 saturated heterocycles. The quantitative estimate of drug-likeness (QED) is 0.639. The van der Waals surface area contributed by atoms with Crippen molar-refractivity contribution in [2.24, 2.45) is 5.92 Å². The second-order valence-corrected chi connectivity index (χ2v) is 8.91. The predicted molar refractivity (Wildman–Crippen MR) is 119 cm³/mol. The third kappa shape index (κ3) is 5.49. The van der Waals surface area contributed by atoms with Gasteiger partial charge in [-0.2, -0.15) is 0 Å². The van der Waals surface area contributed by atoms with E-state index >= 15 is 0 Å². The molecule has 1 unspecified atom stereocenters. The van der Waals surface area contributed by atoms with Gasteiger partial charge < -0.3 is 15.3 Å². The number of allylic oxidation sites excluding steroid dienone is 1. The molecule has 1 heterocycles. The highest BCUT2D eigenvalue weighted by atomic mass is 16.3. The number of hydrogen-bond donors (Lipinski definition) is 2. The molecule has 0 radical (unpaired) electrons. The van der Waals surface area contributed by atoms with Gasteiger partial charge in [0.2, 0.25) is 0 Å². The number of amides is 1. The summed E-state index contributed by atoms with van der Waals surface area (Å²) >= 11 is 0. The van der Waals surface area contributed by atoms with Crippen LogP contribution in [-0.4, -0.2) is 41.6 Å². The van der Waals surface area contributed by atoms with Crippen molar-refractivity contribution < 1.29 is 9.90 Å². The Hall–Kier alpha value is -1.65. The maximum absolute atomic E-state index is 13.3. The Bertz CT molecular complexity index is 673. The Balaban J connectivity index is 1.58. The molecule has 29 heavy (non-hydrogen) atoms. The average molecular weight is 399 g/mol. The maximum Gasteiger partial charge on any atom is 0.257 e. The van der Waals surface area contributed by atoms with E-state index in [9.17, 15) is 9.90 Å². The number of nitrogens with zero attached hydrogens (tertiary/aromatic N) is 1. The highest BCUT2D eigenvalue weighted by Gasteiger charge is 2.46. The van der Waals surface area contributed by atoms with Crippen LogP contribution >= 0.6 is 0 Å². The van der Waals surface area contributed by atoms with Crippen LogP contribution in [0.2, 0.25) is 0 Å². The summed E-state index contributed by atoms with van der Waals surface area (Å²) in [6, 6.07) is 9.71. The average Bonchev–Trinajstić information content (AvgIpc) is 3.29. The molecule has 0 spiro atoms. The van der Waals surface area contributed by atoms with Gasteiger partial charge >= 0.3 is 0 Å². The summed E-state index contributed by atoms with van der Waals surface area (Å²) in [4.78, 5) is 15.8. The number of aliphatic hydroxyl groups is 1. The van der Waals surface area contributed by atoms with Crippen molar-refractivity contribution in [3.05, 3.63) is 47.5 Å². The molecule has 1 aliphatic heterocycles. The Morgan fingerprint density at radius 3 is 2.45 bits per heavy atom. The third-order valence-electron chi connectivity index (χ3n) is 6.80. The van der Waals surface area contributed by atoms with Crippen LogP contribution in [0.15, 0.2) is 42.0 Å². The molecule has 1 aromatic carbocycles. The van der Waals surface area contributed by atoms with Gasteiger partial charge in [-0.25, -0.2) is 0 Å². The SMILES string of the molecule is CCC=C(C)CCN1CCC(NC(=O)C(O)(c2ccccc2)C2CCCC2)CC1. The number of benzene rings is 1. The monoisotopic (exact) mass is 398 g/mol. The fraction of sp³-hybridized carbons (Fsp3) is 0.640. The second kappa shape index (κ2) is 10.4. The minimum atomic E-state index is -1.41. The molecule has 0 bridgehead atoms. The second-order valence-electron chi connectivity index (χ2n) is 8.91. The molecule has 2 aliphatic rings. The van der Waals surface area contributed by atoms with Crippen LogP contribution < -0.4 is 5.32 Å². The Morgan fingerprint density at radius 1 is 1.17 bits per heavy atom. The van der Waals surface area contributed by atoms with Crippen LogP contribution in [0, 0.1) is 5.92 Å². The largest absolute Gasteiger partial charge is 0.375 e. The summed E-state index contributed by atoms with van der Waals surface area (Å²) in [5, 5.41) is 14.8. The normalized spacial score (nSPS) is 21.8. The van der Waals surface area contributed by atoms with Gasteiger partial charge in [-0.05, 0) is 51.0 Å². The molecule has 1 aliphatic carbocycles. The fourth-order valence-electron chi connectivity index (χ4n) is 4.97. The van der Waals surface area contributed by atoms with Crippen LogP contribution in [0.25, 0.3) is 0 Å². The molecular weight excluding hydrogens is 360 g/mol. The number of hydrogen-bond acceptors (Lipinski definition) is 3. The summed E-state index contributed by atoms with van der Waals surface area (Å²) in [6.07, 6.45) is 10.5. The van der Waals surface area contributed by atoms with E-state index in [4.69, 9.17) is 0 Å². The standard InChI is InChI=1S/C25H38N2O2/c1-3-9-20(2)14-17-27-18-15-23(16-19-27)26-24(28)25(29,22-12-7-8-13-22)21-10-5-4-6-11-21/h4-6,9-11,22-23,29H,3,7-8,12-19H2,1-2H3,(H,26,28). The van der Waals surface area contributed by atoms with Crippen molar-refractivity contribution in [2.45, 2.75) is 76.9 Å². The molecule has 1 saturated carbocycles. The van der Waals surface area contributed by atoms with Crippen LogP contribution in [0.5, 0.6) is 0 Å². The summed E-state index contributed by atoms with van der Waals surface area (Å²) in [5.41, 5.74) is 0.796. The van der Waals surface area contributed by atoms with E-state index in [2.05, 4.69) is 30.1 Å². The zero-order valence-electron chi connectivity index (χ0n) is 18.2. The fourth-order valence-corrected chi connectivity index (χ4v) is 4.97. The number of likely N-dealkylation sites (tertiary alicyclic amines) is 1. The molecule has 160 valence electrons. The third-order valence-corrected chi connectivity index (χ3v) is 6.80. The Kier molecular flexibility index (Phi) is 7.91. The molecule has 4 heteroatoms. The zero-order chi connectivity index (χ0) is 20.7. The number of carbonyl (C=O) groups is 1. The lowest BCUT2D eigenvalue weighted by atomic mass is 9.79. The molecule has 1 amide bonds. The maximum atomic E-state index is 13.3. The van der Waals surface area contributed by atoms with Crippen molar-refractivity contribution in [2.75, 3.05) is 19.6 Å². The number of rotatable bonds is 8. The van der Waals surface area contributed by atoms with Crippen LogP contribution in [-0.2, 0) is 10.4 Å². The van der Waals surface area contributed by atoms with Crippen molar-refractivity contribution in [1.29, 1.82) is 0 Å². The van der Waals surface area contributed by atoms with Gasteiger partial charge in [0.15, 0.2) is 5.60 Å². The summed E-state index contributed by atoms with van der Waals surface area (Å²) < 4.78 is 0. The number of nitrogens with one attached hydrogen (secondary N) is 1. The molecule has 0 aromatic heterocycles. The summed E-state index contributed by atoms with van der Waals surface area (Å²) in [5.74, 6) is -0.186. The van der Waals surface area contributed by atoms with Gasteiger partial charge in [0.1, 0.15) is 0 Å². The number of piperidine rings is 1. The molecule has 1 aromatic rings. The van der Waals surface area contributed by atoms with E-state index in [1.165, 1.54) is 5.57 Å². The van der Waals surface area contributed by atoms with Crippen LogP contribution in [0.3, 0.4) is 0 Å². The first-order valence-electron chi connectivity index (χ1n) is 11.5. The molecule has 1 atom stereocenters. The Labute approximate surface area is 176 Å². The topological polar surface area (TPSA) is 52.6 Å². The van der Waals surface area contributed by atoms with E-state index in [1.807, 2.05) is 30.3 Å². The van der Waals surface area contributed by atoms with Crippen molar-refractivity contribution >= 4 is 5.91 Å². The van der Waals surface area contributed by atoms with Gasteiger partial charge in [0.25, 0.3) is 5.91 Å². The lowest BCUT2D eigenvalue weighted by Gasteiger charge is -2.37. The smallest absolute Gasteiger partial charge is 0.257 e. The van der Waals surface area contributed by atoms with E-state index in [1.54, 1.807) is 0 Å². The molecule has 2 N–H and O–H groups in total. The van der Waals surface area contributed by atoms with E-state index < -0.39 is 5.60 Å².